The zero-order valence-corrected chi connectivity index (χ0v) is 12.6. The maximum Gasteiger partial charge on any atom is 0.235 e. The predicted molar refractivity (Wildman–Crippen MR) is 79.4 cm³/mol. The van der Waals surface area contributed by atoms with Crippen molar-refractivity contribution in [3.63, 3.8) is 0 Å². The van der Waals surface area contributed by atoms with E-state index in [-0.39, 0.29) is 11.2 Å². The number of nitrogens with zero attached hydrogens (tertiary/aromatic N) is 3. The van der Waals surface area contributed by atoms with Crippen LogP contribution in [-0.4, -0.2) is 39.7 Å². The molecule has 1 aromatic carbocycles. The van der Waals surface area contributed by atoms with Gasteiger partial charge in [0.2, 0.25) is 5.91 Å². The minimum absolute atomic E-state index is 0.111. The van der Waals surface area contributed by atoms with Crippen LogP contribution in [0.2, 0.25) is 0 Å². The molecule has 0 saturated heterocycles. The van der Waals surface area contributed by atoms with Crippen LogP contribution in [0.3, 0.4) is 0 Å². The van der Waals surface area contributed by atoms with E-state index in [1.54, 1.807) is 19.0 Å². The lowest BCUT2D eigenvalue weighted by molar-refractivity contribution is -0.127. The molecule has 0 saturated carbocycles. The van der Waals surface area contributed by atoms with E-state index in [1.165, 1.54) is 11.8 Å². The lowest BCUT2D eigenvalue weighted by Gasteiger charge is -2.16. The molecule has 2 rings (SSSR count). The van der Waals surface area contributed by atoms with Gasteiger partial charge in [-0.3, -0.25) is 4.79 Å². The molecular weight excluding hydrogens is 258 g/mol. The number of rotatable bonds is 4. The van der Waals surface area contributed by atoms with Crippen LogP contribution in [0.1, 0.15) is 13.8 Å². The third-order valence-corrected chi connectivity index (χ3v) is 4.08. The first-order chi connectivity index (χ1) is 9.04. The smallest absolute Gasteiger partial charge is 0.235 e. The number of fused-ring (bicyclic) bond motifs is 1. The van der Waals surface area contributed by atoms with E-state index in [2.05, 4.69) is 22.5 Å². The fraction of sp³-hybridized carbons (Fsp3) is 0.429. The second-order valence-corrected chi connectivity index (χ2v) is 5.93. The van der Waals surface area contributed by atoms with Crippen molar-refractivity contribution in [1.82, 2.24) is 14.5 Å². The van der Waals surface area contributed by atoms with E-state index in [0.717, 1.165) is 22.7 Å². The molecule has 5 heteroatoms. The Kier molecular flexibility index (Phi) is 4.14. The summed E-state index contributed by atoms with van der Waals surface area (Å²) in [6.45, 7) is 4.87. The predicted octanol–water partition coefficient (Wildman–Crippen LogP) is 2.63. The molecule has 102 valence electrons. The van der Waals surface area contributed by atoms with Crippen molar-refractivity contribution in [3.8, 4) is 0 Å². The van der Waals surface area contributed by atoms with Gasteiger partial charge in [-0.1, -0.05) is 23.9 Å². The summed E-state index contributed by atoms with van der Waals surface area (Å²) in [5.41, 5.74) is 2.10. The summed E-state index contributed by atoms with van der Waals surface area (Å²) in [5.74, 6) is 0.111. The van der Waals surface area contributed by atoms with Crippen molar-refractivity contribution in [2.45, 2.75) is 30.8 Å². The maximum atomic E-state index is 11.9. The van der Waals surface area contributed by atoms with E-state index in [9.17, 15) is 4.79 Å². The number of carbonyl (C=O) groups excluding carboxylic acids is 1. The fourth-order valence-electron chi connectivity index (χ4n) is 2.02. The second kappa shape index (κ2) is 5.65. The van der Waals surface area contributed by atoms with Crippen LogP contribution in [0.5, 0.6) is 0 Å². The average molecular weight is 277 g/mol. The van der Waals surface area contributed by atoms with Crippen molar-refractivity contribution in [3.05, 3.63) is 24.3 Å². The highest BCUT2D eigenvalue weighted by molar-refractivity contribution is 8.00. The standard InChI is InChI=1S/C14H19N3OS/c1-5-17-12-9-7-6-8-11(12)15-14(17)19-10(2)13(18)16(3)4/h6-10H,5H2,1-4H3/t10-/m0/s1. The molecule has 2 aromatic rings. The van der Waals surface area contributed by atoms with Gasteiger partial charge in [-0.15, -0.1) is 0 Å². The molecular formula is C14H19N3OS. The number of benzene rings is 1. The number of imidazole rings is 1. The van der Waals surface area contributed by atoms with Gasteiger partial charge >= 0.3 is 0 Å². The van der Waals surface area contributed by atoms with Crippen molar-refractivity contribution in [2.24, 2.45) is 0 Å². The maximum absolute atomic E-state index is 11.9. The van der Waals surface area contributed by atoms with Gasteiger partial charge in [-0.25, -0.2) is 4.98 Å². The summed E-state index contributed by atoms with van der Waals surface area (Å²) in [4.78, 5) is 18.2. The summed E-state index contributed by atoms with van der Waals surface area (Å²) in [5, 5.41) is 0.781. The van der Waals surface area contributed by atoms with Gasteiger partial charge in [-0.05, 0) is 26.0 Å². The van der Waals surface area contributed by atoms with Gasteiger partial charge in [-0.2, -0.15) is 0 Å². The first-order valence-corrected chi connectivity index (χ1v) is 7.25. The third kappa shape index (κ3) is 2.76. The van der Waals surface area contributed by atoms with Gasteiger partial charge in [0, 0.05) is 20.6 Å². The van der Waals surface area contributed by atoms with Crippen LogP contribution < -0.4 is 0 Å². The molecule has 1 heterocycles. The van der Waals surface area contributed by atoms with Crippen LogP contribution in [-0.2, 0) is 11.3 Å². The minimum Gasteiger partial charge on any atom is -0.348 e. The van der Waals surface area contributed by atoms with Crippen LogP contribution in [0.4, 0.5) is 0 Å². The van der Waals surface area contributed by atoms with Crippen molar-refractivity contribution in [2.75, 3.05) is 14.1 Å². The number of aryl methyl sites for hydroxylation is 1. The molecule has 0 aliphatic rings. The molecule has 0 spiro atoms. The lowest BCUT2D eigenvalue weighted by Crippen LogP contribution is -2.29. The molecule has 4 nitrogen and oxygen atoms in total. The number of carbonyl (C=O) groups is 1. The summed E-state index contributed by atoms with van der Waals surface area (Å²) < 4.78 is 2.15. The van der Waals surface area contributed by atoms with Gasteiger partial charge in [0.05, 0.1) is 16.3 Å². The molecule has 0 aliphatic carbocycles. The topological polar surface area (TPSA) is 38.1 Å². The Bertz CT molecular complexity index is 591. The Labute approximate surface area is 117 Å². The number of hydrogen-bond acceptors (Lipinski definition) is 3. The molecule has 1 amide bonds. The molecule has 19 heavy (non-hydrogen) atoms. The Morgan fingerprint density at radius 2 is 2.11 bits per heavy atom. The summed E-state index contributed by atoms with van der Waals surface area (Å²) >= 11 is 1.52. The second-order valence-electron chi connectivity index (χ2n) is 4.62. The highest BCUT2D eigenvalue weighted by atomic mass is 32.2. The first kappa shape index (κ1) is 13.9. The summed E-state index contributed by atoms with van der Waals surface area (Å²) in [7, 11) is 3.56. The van der Waals surface area contributed by atoms with Crippen LogP contribution in [0, 0.1) is 0 Å². The molecule has 0 bridgehead atoms. The normalized spacial score (nSPS) is 12.6. The molecule has 0 unspecified atom stereocenters. The van der Waals surface area contributed by atoms with Crippen molar-refractivity contribution < 1.29 is 4.79 Å². The zero-order chi connectivity index (χ0) is 14.0. The van der Waals surface area contributed by atoms with E-state index in [1.807, 2.05) is 25.1 Å². The Morgan fingerprint density at radius 1 is 1.42 bits per heavy atom. The summed E-state index contributed by atoms with van der Waals surface area (Å²) in [6, 6.07) is 8.06. The zero-order valence-electron chi connectivity index (χ0n) is 11.8. The third-order valence-electron chi connectivity index (χ3n) is 3.01. The number of aromatic nitrogens is 2. The molecule has 1 aromatic heterocycles. The van der Waals surface area contributed by atoms with Crippen LogP contribution >= 0.6 is 11.8 Å². The van der Waals surface area contributed by atoms with E-state index in [0.29, 0.717) is 0 Å². The molecule has 0 fully saturated rings. The van der Waals surface area contributed by atoms with Gasteiger partial charge in [0.25, 0.3) is 0 Å². The number of para-hydroxylation sites is 2. The van der Waals surface area contributed by atoms with Crippen molar-refractivity contribution in [1.29, 1.82) is 0 Å². The van der Waals surface area contributed by atoms with Gasteiger partial charge < -0.3 is 9.47 Å². The number of amides is 1. The average Bonchev–Trinajstić information content (AvgIpc) is 2.74. The van der Waals surface area contributed by atoms with Crippen LogP contribution in [0.25, 0.3) is 11.0 Å². The monoisotopic (exact) mass is 277 g/mol. The van der Waals surface area contributed by atoms with Crippen molar-refractivity contribution >= 4 is 28.7 Å². The van der Waals surface area contributed by atoms with E-state index >= 15 is 0 Å². The highest BCUT2D eigenvalue weighted by Gasteiger charge is 2.19. The molecule has 1 atom stereocenters. The fourth-order valence-corrected chi connectivity index (χ4v) is 3.15. The van der Waals surface area contributed by atoms with Gasteiger partial charge in [0.1, 0.15) is 0 Å². The van der Waals surface area contributed by atoms with E-state index < -0.39 is 0 Å². The Balaban J connectivity index is 2.32. The minimum atomic E-state index is -0.128. The summed E-state index contributed by atoms with van der Waals surface area (Å²) in [6.07, 6.45) is 0. The van der Waals surface area contributed by atoms with E-state index in [4.69, 9.17) is 0 Å². The quantitative estimate of drug-likeness (QED) is 0.806. The molecule has 0 aliphatic heterocycles. The Morgan fingerprint density at radius 3 is 2.74 bits per heavy atom. The largest absolute Gasteiger partial charge is 0.348 e. The number of thioether (sulfide) groups is 1. The SMILES string of the molecule is CCn1c(S[C@@H](C)C(=O)N(C)C)nc2ccccc21. The number of hydrogen-bond donors (Lipinski definition) is 0. The molecule has 0 N–H and O–H groups in total. The molecule has 0 radical (unpaired) electrons. The van der Waals surface area contributed by atoms with Gasteiger partial charge in [0.15, 0.2) is 5.16 Å². The highest BCUT2D eigenvalue weighted by Crippen LogP contribution is 2.27. The first-order valence-electron chi connectivity index (χ1n) is 6.37. The lowest BCUT2D eigenvalue weighted by atomic mass is 10.3. The van der Waals surface area contributed by atoms with Crippen LogP contribution in [0.15, 0.2) is 29.4 Å². The Hall–Kier alpha value is -1.49.